The van der Waals surface area contributed by atoms with E-state index in [1.165, 1.54) is 59.8 Å². The zero-order valence-corrected chi connectivity index (χ0v) is 20.8. The molecule has 0 aliphatic heterocycles. The lowest BCUT2D eigenvalue weighted by Crippen LogP contribution is -2.13. The molecule has 0 bridgehead atoms. The number of benzene rings is 2. The number of carbonyl (C=O) groups is 2. The second-order valence-corrected chi connectivity index (χ2v) is 8.38. The predicted octanol–water partition coefficient (Wildman–Crippen LogP) is 2.99. The fourth-order valence-corrected chi connectivity index (χ4v) is 3.69. The predicted molar refractivity (Wildman–Crippen MR) is 128 cm³/mol. The van der Waals surface area contributed by atoms with E-state index in [2.05, 4.69) is 9.46 Å². The highest BCUT2D eigenvalue weighted by molar-refractivity contribution is 7.95. The van der Waals surface area contributed by atoms with Crippen LogP contribution in [0.15, 0.2) is 35.7 Å². The molecule has 0 atom stereocenters. The summed E-state index contributed by atoms with van der Waals surface area (Å²) in [5.41, 5.74) is 0.496. The van der Waals surface area contributed by atoms with Crippen molar-refractivity contribution in [1.82, 2.24) is 0 Å². The number of ether oxygens (including phenoxy) is 6. The summed E-state index contributed by atoms with van der Waals surface area (Å²) in [4.78, 5) is 23.3. The molecule has 2 rings (SSSR count). The van der Waals surface area contributed by atoms with Crippen molar-refractivity contribution in [2.75, 3.05) is 40.3 Å². The van der Waals surface area contributed by atoms with Crippen molar-refractivity contribution in [2.24, 2.45) is 0 Å². The number of carbonyl (C=O) groups excluding carboxylic acids is 2. The highest BCUT2D eigenvalue weighted by Gasteiger charge is 2.16. The van der Waals surface area contributed by atoms with Crippen molar-refractivity contribution >= 4 is 33.7 Å². The minimum absolute atomic E-state index is 0.0231. The molecule has 0 spiro atoms. The van der Waals surface area contributed by atoms with Gasteiger partial charge in [0.25, 0.3) is 10.0 Å². The molecule has 0 aliphatic rings. The molecule has 0 heterocycles. The number of hydrogen-bond donors (Lipinski definition) is 1. The van der Waals surface area contributed by atoms with Gasteiger partial charge < -0.3 is 28.4 Å². The molecule has 190 valence electrons. The zero-order valence-electron chi connectivity index (χ0n) is 19.9. The first-order chi connectivity index (χ1) is 16.7. The van der Waals surface area contributed by atoms with Gasteiger partial charge in [-0.15, -0.1) is 0 Å². The smallest absolute Gasteiger partial charge is 0.311 e. The monoisotopic (exact) mass is 509 g/mol. The first-order valence-corrected chi connectivity index (χ1v) is 11.7. The summed E-state index contributed by atoms with van der Waals surface area (Å²) < 4.78 is 58.5. The Morgan fingerprint density at radius 3 is 1.94 bits per heavy atom. The lowest BCUT2D eigenvalue weighted by Gasteiger charge is -2.13. The molecule has 0 saturated heterocycles. The van der Waals surface area contributed by atoms with Crippen LogP contribution in [0.25, 0.3) is 6.08 Å². The van der Waals surface area contributed by atoms with E-state index in [0.29, 0.717) is 22.8 Å². The molecule has 12 heteroatoms. The van der Waals surface area contributed by atoms with Gasteiger partial charge >= 0.3 is 11.9 Å². The Labute approximate surface area is 203 Å². The third kappa shape index (κ3) is 7.81. The molecule has 0 amide bonds. The van der Waals surface area contributed by atoms with Crippen molar-refractivity contribution in [3.8, 4) is 28.7 Å². The first-order valence-electron chi connectivity index (χ1n) is 10.1. The van der Waals surface area contributed by atoms with Crippen molar-refractivity contribution in [3.05, 3.63) is 41.3 Å². The Balaban J connectivity index is 2.25. The van der Waals surface area contributed by atoms with Gasteiger partial charge in [0.2, 0.25) is 0 Å². The summed E-state index contributed by atoms with van der Waals surface area (Å²) in [5.74, 6) is 0.0625. The van der Waals surface area contributed by atoms with Gasteiger partial charge in [-0.05, 0) is 18.2 Å². The summed E-state index contributed by atoms with van der Waals surface area (Å²) >= 11 is 0. The molecule has 0 unspecified atom stereocenters. The van der Waals surface area contributed by atoms with Crippen LogP contribution >= 0.6 is 0 Å². The number of anilines is 1. The molecule has 35 heavy (non-hydrogen) atoms. The Morgan fingerprint density at radius 2 is 1.40 bits per heavy atom. The van der Waals surface area contributed by atoms with Gasteiger partial charge in [0, 0.05) is 18.2 Å². The summed E-state index contributed by atoms with van der Waals surface area (Å²) in [6.07, 6.45) is 0.934. The Hall–Kier alpha value is -3.93. The molecule has 0 aliphatic carbocycles. The van der Waals surface area contributed by atoms with Crippen LogP contribution in [0, 0.1) is 0 Å². The van der Waals surface area contributed by atoms with Crippen LogP contribution in [-0.4, -0.2) is 55.9 Å². The summed E-state index contributed by atoms with van der Waals surface area (Å²) in [6, 6.07) is 7.33. The number of sulfonamides is 1. The normalized spacial score (nSPS) is 11.0. The molecule has 0 radical (unpaired) electrons. The van der Waals surface area contributed by atoms with E-state index in [1.54, 1.807) is 12.1 Å². The third-order valence-corrected chi connectivity index (χ3v) is 5.59. The number of esters is 2. The molecule has 1 N–H and O–H groups in total. The topological polar surface area (TPSA) is 136 Å². The molecular weight excluding hydrogens is 482 g/mol. The molecule has 11 nitrogen and oxygen atoms in total. The molecule has 0 aromatic heterocycles. The number of nitrogens with one attached hydrogen (secondary N) is 1. The lowest BCUT2D eigenvalue weighted by atomic mass is 10.1. The van der Waals surface area contributed by atoms with Gasteiger partial charge in [-0.25, -0.2) is 8.42 Å². The second-order valence-electron chi connectivity index (χ2n) is 6.81. The van der Waals surface area contributed by atoms with E-state index >= 15 is 0 Å². The molecule has 0 fully saturated rings. The second kappa shape index (κ2) is 12.5. The minimum atomic E-state index is -4.00. The highest BCUT2D eigenvalue weighted by atomic mass is 32.2. The standard InChI is InChI=1S/C23H27NO10S/c1-29-16-13-19(31-3)17(20(14-16)32-4)10-11-35(27,28)24-15-6-7-18(30-2)21(12-15)34-23(26)9-8-22(25)33-5/h6-7,10-14,24H,8-9H2,1-5H3/b11-10+. The number of methoxy groups -OCH3 is 5. The highest BCUT2D eigenvalue weighted by Crippen LogP contribution is 2.35. The SMILES string of the molecule is COC(=O)CCC(=O)Oc1cc(NS(=O)(=O)/C=C/c2c(OC)cc(OC)cc2OC)ccc1OC. The maximum absolute atomic E-state index is 12.7. The Morgan fingerprint density at radius 1 is 0.800 bits per heavy atom. The van der Waals surface area contributed by atoms with Crippen LogP contribution in [0.5, 0.6) is 28.7 Å². The summed E-state index contributed by atoms with van der Waals surface area (Å²) in [5, 5.41) is 0.937. The van der Waals surface area contributed by atoms with E-state index in [-0.39, 0.29) is 30.0 Å². The number of hydrogen-bond acceptors (Lipinski definition) is 10. The van der Waals surface area contributed by atoms with E-state index < -0.39 is 22.0 Å². The largest absolute Gasteiger partial charge is 0.496 e. The van der Waals surface area contributed by atoms with E-state index in [0.717, 1.165) is 5.41 Å². The van der Waals surface area contributed by atoms with Gasteiger partial charge in [-0.1, -0.05) is 0 Å². The van der Waals surface area contributed by atoms with Gasteiger partial charge in [-0.3, -0.25) is 14.3 Å². The van der Waals surface area contributed by atoms with E-state index in [4.69, 9.17) is 23.7 Å². The first kappa shape index (κ1) is 27.3. The van der Waals surface area contributed by atoms with Crippen LogP contribution in [-0.2, 0) is 24.3 Å². The average molecular weight is 510 g/mol. The van der Waals surface area contributed by atoms with Gasteiger partial charge in [0.15, 0.2) is 11.5 Å². The van der Waals surface area contributed by atoms with Crippen LogP contribution in [0.3, 0.4) is 0 Å². The zero-order chi connectivity index (χ0) is 26.0. The van der Waals surface area contributed by atoms with E-state index in [1.807, 2.05) is 0 Å². The van der Waals surface area contributed by atoms with Crippen LogP contribution in [0.2, 0.25) is 0 Å². The van der Waals surface area contributed by atoms with Gasteiger partial charge in [-0.2, -0.15) is 0 Å². The van der Waals surface area contributed by atoms with E-state index in [9.17, 15) is 18.0 Å². The van der Waals surface area contributed by atoms with Crippen LogP contribution in [0.4, 0.5) is 5.69 Å². The van der Waals surface area contributed by atoms with Crippen LogP contribution < -0.4 is 28.4 Å². The third-order valence-electron chi connectivity index (χ3n) is 4.58. The lowest BCUT2D eigenvalue weighted by molar-refractivity contribution is -0.144. The van der Waals surface area contributed by atoms with Crippen LogP contribution in [0.1, 0.15) is 18.4 Å². The maximum Gasteiger partial charge on any atom is 0.311 e. The number of rotatable bonds is 12. The fourth-order valence-electron chi connectivity index (χ4n) is 2.85. The average Bonchev–Trinajstić information content (AvgIpc) is 2.85. The summed E-state index contributed by atoms with van der Waals surface area (Å²) in [7, 11) is 2.92. The Kier molecular flexibility index (Phi) is 9.76. The summed E-state index contributed by atoms with van der Waals surface area (Å²) in [6.45, 7) is 0. The minimum Gasteiger partial charge on any atom is -0.496 e. The van der Waals surface area contributed by atoms with Crippen molar-refractivity contribution in [1.29, 1.82) is 0 Å². The molecule has 2 aromatic rings. The van der Waals surface area contributed by atoms with Crippen molar-refractivity contribution in [2.45, 2.75) is 12.8 Å². The fraction of sp³-hybridized carbons (Fsp3) is 0.304. The Bertz CT molecular complexity index is 1170. The van der Waals surface area contributed by atoms with Crippen molar-refractivity contribution < 1.29 is 46.4 Å². The molecular formula is C23H27NO10S. The molecule has 0 saturated carbocycles. The van der Waals surface area contributed by atoms with Gasteiger partial charge in [0.05, 0.1) is 65.0 Å². The quantitative estimate of drug-likeness (QED) is 0.336. The van der Waals surface area contributed by atoms with Gasteiger partial charge in [0.1, 0.15) is 17.2 Å². The van der Waals surface area contributed by atoms with Crippen molar-refractivity contribution in [3.63, 3.8) is 0 Å². The molecule has 2 aromatic carbocycles. The maximum atomic E-state index is 12.7.